The molecule has 0 saturated heterocycles. The first-order valence-electron chi connectivity index (χ1n) is 5.38. The molecule has 1 aliphatic carbocycles. The molecule has 0 heterocycles. The average molecular weight is 277 g/mol. The molecule has 1 aliphatic rings. The van der Waals surface area contributed by atoms with Gasteiger partial charge in [-0.3, -0.25) is 4.79 Å². The predicted molar refractivity (Wildman–Crippen MR) is 71.2 cm³/mol. The molecule has 0 radical (unpaired) electrons. The standard InChI is InChI=1S/C14H13BrO/c1-2-5-10-6-3-4-7-11(10)12-8-9-13(16)14(12)15/h2-7H,8-9H2,1H3/b5-2+. The summed E-state index contributed by atoms with van der Waals surface area (Å²) in [4.78, 5) is 11.5. The van der Waals surface area contributed by atoms with Gasteiger partial charge in [-0.05, 0) is 46.0 Å². The highest BCUT2D eigenvalue weighted by Gasteiger charge is 2.22. The normalized spacial score (nSPS) is 16.5. The fourth-order valence-electron chi connectivity index (χ4n) is 1.98. The Morgan fingerprint density at radius 2 is 2.00 bits per heavy atom. The molecular weight excluding hydrogens is 264 g/mol. The number of rotatable bonds is 2. The molecule has 2 rings (SSSR count). The summed E-state index contributed by atoms with van der Waals surface area (Å²) < 4.78 is 0.754. The van der Waals surface area contributed by atoms with Gasteiger partial charge in [-0.2, -0.15) is 0 Å². The van der Waals surface area contributed by atoms with Gasteiger partial charge in [-0.15, -0.1) is 0 Å². The fourth-order valence-corrected chi connectivity index (χ4v) is 2.59. The van der Waals surface area contributed by atoms with E-state index in [-0.39, 0.29) is 5.78 Å². The summed E-state index contributed by atoms with van der Waals surface area (Å²) in [6, 6.07) is 8.18. The van der Waals surface area contributed by atoms with Crippen molar-refractivity contribution in [3.05, 3.63) is 46.0 Å². The van der Waals surface area contributed by atoms with E-state index in [1.165, 1.54) is 11.1 Å². The quantitative estimate of drug-likeness (QED) is 0.792. The molecule has 2 heteroatoms. The average Bonchev–Trinajstić information content (AvgIpc) is 2.61. The summed E-state index contributed by atoms with van der Waals surface area (Å²) in [6.07, 6.45) is 5.56. The molecule has 0 atom stereocenters. The van der Waals surface area contributed by atoms with E-state index in [2.05, 4.69) is 34.1 Å². The van der Waals surface area contributed by atoms with Crippen LogP contribution in [0.2, 0.25) is 0 Å². The maximum absolute atomic E-state index is 11.5. The third-order valence-electron chi connectivity index (χ3n) is 2.74. The van der Waals surface area contributed by atoms with Crippen LogP contribution in [0.4, 0.5) is 0 Å². The minimum absolute atomic E-state index is 0.213. The Balaban J connectivity index is 2.52. The van der Waals surface area contributed by atoms with Crippen molar-refractivity contribution >= 4 is 33.4 Å². The smallest absolute Gasteiger partial charge is 0.170 e. The molecule has 0 unspecified atom stereocenters. The van der Waals surface area contributed by atoms with Crippen LogP contribution in [0.1, 0.15) is 30.9 Å². The van der Waals surface area contributed by atoms with E-state index in [1.54, 1.807) is 0 Å². The molecule has 82 valence electrons. The SMILES string of the molecule is C/C=C/c1ccccc1C1=C(Br)C(=O)CC1. The van der Waals surface area contributed by atoms with E-state index in [4.69, 9.17) is 0 Å². The van der Waals surface area contributed by atoms with Gasteiger partial charge in [0.15, 0.2) is 5.78 Å². The van der Waals surface area contributed by atoms with Crippen molar-refractivity contribution in [2.24, 2.45) is 0 Å². The third kappa shape index (κ3) is 2.03. The zero-order valence-corrected chi connectivity index (χ0v) is 10.8. The summed E-state index contributed by atoms with van der Waals surface area (Å²) >= 11 is 3.40. The monoisotopic (exact) mass is 276 g/mol. The van der Waals surface area contributed by atoms with E-state index in [1.807, 2.05) is 25.1 Å². The number of hydrogen-bond acceptors (Lipinski definition) is 1. The van der Waals surface area contributed by atoms with E-state index < -0.39 is 0 Å². The number of allylic oxidation sites excluding steroid dienone is 3. The molecule has 16 heavy (non-hydrogen) atoms. The molecule has 0 saturated carbocycles. The highest BCUT2D eigenvalue weighted by Crippen LogP contribution is 2.36. The maximum atomic E-state index is 11.5. The van der Waals surface area contributed by atoms with Gasteiger partial charge >= 0.3 is 0 Å². The van der Waals surface area contributed by atoms with Gasteiger partial charge in [0.1, 0.15) is 0 Å². The second-order valence-corrected chi connectivity index (χ2v) is 4.60. The Morgan fingerprint density at radius 1 is 1.25 bits per heavy atom. The van der Waals surface area contributed by atoms with Crippen molar-refractivity contribution in [2.75, 3.05) is 0 Å². The predicted octanol–water partition coefficient (Wildman–Crippen LogP) is 4.19. The zero-order chi connectivity index (χ0) is 11.5. The van der Waals surface area contributed by atoms with Crippen molar-refractivity contribution in [3.8, 4) is 0 Å². The van der Waals surface area contributed by atoms with Gasteiger partial charge in [0.25, 0.3) is 0 Å². The molecule has 0 aromatic heterocycles. The second-order valence-electron chi connectivity index (χ2n) is 3.80. The van der Waals surface area contributed by atoms with E-state index in [9.17, 15) is 4.79 Å². The topological polar surface area (TPSA) is 17.1 Å². The Hall–Kier alpha value is -1.15. The van der Waals surface area contributed by atoms with Crippen molar-refractivity contribution in [1.29, 1.82) is 0 Å². The van der Waals surface area contributed by atoms with Crippen molar-refractivity contribution in [3.63, 3.8) is 0 Å². The number of Topliss-reactive ketones (excluding diaryl/α,β-unsaturated/α-hetero) is 1. The number of carbonyl (C=O) groups excluding carboxylic acids is 1. The van der Waals surface area contributed by atoms with Gasteiger partial charge in [0.2, 0.25) is 0 Å². The molecule has 0 spiro atoms. The van der Waals surface area contributed by atoms with Crippen LogP contribution in [0.25, 0.3) is 11.6 Å². The van der Waals surface area contributed by atoms with Crippen LogP contribution in [-0.4, -0.2) is 5.78 Å². The minimum Gasteiger partial charge on any atom is -0.294 e. The van der Waals surface area contributed by atoms with Gasteiger partial charge < -0.3 is 0 Å². The molecular formula is C14H13BrO. The molecule has 0 bridgehead atoms. The van der Waals surface area contributed by atoms with Crippen molar-refractivity contribution in [1.82, 2.24) is 0 Å². The maximum Gasteiger partial charge on any atom is 0.170 e. The van der Waals surface area contributed by atoms with Gasteiger partial charge in [0, 0.05) is 6.42 Å². The lowest BCUT2D eigenvalue weighted by atomic mass is 9.99. The first kappa shape index (κ1) is 11.3. The second kappa shape index (κ2) is 4.79. The highest BCUT2D eigenvalue weighted by atomic mass is 79.9. The largest absolute Gasteiger partial charge is 0.294 e. The van der Waals surface area contributed by atoms with Crippen LogP contribution in [0.15, 0.2) is 34.8 Å². The van der Waals surface area contributed by atoms with Crippen LogP contribution < -0.4 is 0 Å². The lowest BCUT2D eigenvalue weighted by Gasteiger charge is -2.07. The molecule has 0 amide bonds. The van der Waals surface area contributed by atoms with E-state index >= 15 is 0 Å². The van der Waals surface area contributed by atoms with Gasteiger partial charge in [-0.1, -0.05) is 36.4 Å². The molecule has 1 nitrogen and oxygen atoms in total. The summed E-state index contributed by atoms with van der Waals surface area (Å²) in [7, 11) is 0. The van der Waals surface area contributed by atoms with Crippen LogP contribution in [0, 0.1) is 0 Å². The van der Waals surface area contributed by atoms with Crippen LogP contribution in [-0.2, 0) is 4.79 Å². The number of benzene rings is 1. The lowest BCUT2D eigenvalue weighted by Crippen LogP contribution is -1.89. The minimum atomic E-state index is 0.213. The number of hydrogen-bond donors (Lipinski definition) is 0. The molecule has 0 fully saturated rings. The van der Waals surface area contributed by atoms with Gasteiger partial charge in [0.05, 0.1) is 4.48 Å². The first-order valence-corrected chi connectivity index (χ1v) is 6.17. The van der Waals surface area contributed by atoms with E-state index in [0.717, 1.165) is 16.5 Å². The number of carbonyl (C=O) groups is 1. The van der Waals surface area contributed by atoms with Gasteiger partial charge in [-0.25, -0.2) is 0 Å². The van der Waals surface area contributed by atoms with Crippen LogP contribution in [0.5, 0.6) is 0 Å². The van der Waals surface area contributed by atoms with Crippen molar-refractivity contribution < 1.29 is 4.79 Å². The number of halogens is 1. The Labute approximate surface area is 104 Å². The van der Waals surface area contributed by atoms with E-state index in [0.29, 0.717) is 6.42 Å². The van der Waals surface area contributed by atoms with Crippen LogP contribution >= 0.6 is 15.9 Å². The Kier molecular flexibility index (Phi) is 3.39. The first-order chi connectivity index (χ1) is 7.74. The summed E-state index contributed by atoms with van der Waals surface area (Å²) in [5, 5.41) is 0. The summed E-state index contributed by atoms with van der Waals surface area (Å²) in [6.45, 7) is 2.00. The fraction of sp³-hybridized carbons (Fsp3) is 0.214. The Morgan fingerprint density at radius 3 is 2.62 bits per heavy atom. The lowest BCUT2D eigenvalue weighted by molar-refractivity contribution is -0.114. The molecule has 0 aliphatic heterocycles. The summed E-state index contributed by atoms with van der Waals surface area (Å²) in [5.74, 6) is 0.213. The highest BCUT2D eigenvalue weighted by molar-refractivity contribution is 9.12. The molecule has 1 aromatic rings. The van der Waals surface area contributed by atoms with Crippen LogP contribution in [0.3, 0.4) is 0 Å². The van der Waals surface area contributed by atoms with Crippen molar-refractivity contribution in [2.45, 2.75) is 19.8 Å². The number of ketones is 1. The Bertz CT molecular complexity index is 483. The third-order valence-corrected chi connectivity index (χ3v) is 3.66. The summed E-state index contributed by atoms with van der Waals surface area (Å²) in [5.41, 5.74) is 3.48. The zero-order valence-electron chi connectivity index (χ0n) is 9.16. The molecule has 1 aromatic carbocycles. The molecule has 0 N–H and O–H groups in total.